The van der Waals surface area contributed by atoms with Gasteiger partial charge in [-0.15, -0.1) is 12.4 Å². The van der Waals surface area contributed by atoms with E-state index in [0.717, 1.165) is 38.1 Å². The zero-order valence-electron chi connectivity index (χ0n) is 17.3. The molecule has 30 heavy (non-hydrogen) atoms. The van der Waals surface area contributed by atoms with E-state index in [1.165, 1.54) is 0 Å². The highest BCUT2D eigenvalue weighted by Crippen LogP contribution is 2.19. The molecule has 1 heterocycles. The molecule has 0 atom stereocenters. The normalized spacial score (nSPS) is 13.8. The summed E-state index contributed by atoms with van der Waals surface area (Å²) in [5.41, 5.74) is 1.94. The third-order valence-electron chi connectivity index (χ3n) is 5.09. The van der Waals surface area contributed by atoms with E-state index in [2.05, 4.69) is 16.0 Å². The highest BCUT2D eigenvalue weighted by molar-refractivity contribution is 6.04. The minimum Gasteiger partial charge on any atom is -0.494 e. The Bertz CT molecular complexity index is 803. The summed E-state index contributed by atoms with van der Waals surface area (Å²) in [5, 5.41) is 9.11. The number of benzene rings is 2. The summed E-state index contributed by atoms with van der Waals surface area (Å²) >= 11 is 0. The van der Waals surface area contributed by atoms with Gasteiger partial charge in [0, 0.05) is 23.4 Å². The standard InChI is InChI=1S/C23H29N3O3.ClH/c1-2-29-21-10-8-20(9-11-21)26-23(28)18-4-6-19(7-5-18)25-22(27)12-3-17-13-15-24-16-14-17;/h4-11,17,24H,2-3,12-16H2,1H3,(H,25,27)(H,26,28);1H. The van der Waals surface area contributed by atoms with Crippen LogP contribution in [0.2, 0.25) is 0 Å². The summed E-state index contributed by atoms with van der Waals surface area (Å²) in [6.45, 7) is 4.63. The largest absolute Gasteiger partial charge is 0.494 e. The second-order valence-corrected chi connectivity index (χ2v) is 7.27. The van der Waals surface area contributed by atoms with E-state index in [9.17, 15) is 9.59 Å². The number of amides is 2. The highest BCUT2D eigenvalue weighted by Gasteiger charge is 2.14. The van der Waals surface area contributed by atoms with Crippen LogP contribution in [0.1, 0.15) is 43.0 Å². The average molecular weight is 432 g/mol. The third-order valence-corrected chi connectivity index (χ3v) is 5.09. The van der Waals surface area contributed by atoms with Crippen molar-refractivity contribution in [3.63, 3.8) is 0 Å². The summed E-state index contributed by atoms with van der Waals surface area (Å²) in [4.78, 5) is 24.6. The van der Waals surface area contributed by atoms with Gasteiger partial charge in [0.1, 0.15) is 5.75 Å². The van der Waals surface area contributed by atoms with Crippen molar-refractivity contribution in [1.29, 1.82) is 0 Å². The summed E-state index contributed by atoms with van der Waals surface area (Å²) in [7, 11) is 0. The number of ether oxygens (including phenoxy) is 1. The van der Waals surface area contributed by atoms with Gasteiger partial charge < -0.3 is 20.7 Å². The second-order valence-electron chi connectivity index (χ2n) is 7.27. The fourth-order valence-corrected chi connectivity index (χ4v) is 3.44. The van der Waals surface area contributed by atoms with Crippen LogP contribution in [0.15, 0.2) is 48.5 Å². The molecule has 0 saturated carbocycles. The van der Waals surface area contributed by atoms with E-state index in [1.54, 1.807) is 36.4 Å². The number of hydrogen-bond donors (Lipinski definition) is 3. The maximum absolute atomic E-state index is 12.4. The third kappa shape index (κ3) is 7.35. The van der Waals surface area contributed by atoms with E-state index in [0.29, 0.717) is 35.9 Å². The number of piperidine rings is 1. The molecule has 0 unspecified atom stereocenters. The van der Waals surface area contributed by atoms with Crippen molar-refractivity contribution in [3.8, 4) is 5.75 Å². The first-order chi connectivity index (χ1) is 14.1. The zero-order valence-corrected chi connectivity index (χ0v) is 18.1. The van der Waals surface area contributed by atoms with E-state index in [4.69, 9.17) is 4.74 Å². The van der Waals surface area contributed by atoms with Crippen molar-refractivity contribution in [3.05, 3.63) is 54.1 Å². The van der Waals surface area contributed by atoms with Gasteiger partial charge in [0.2, 0.25) is 5.91 Å². The molecular formula is C23H30ClN3O3. The lowest BCUT2D eigenvalue weighted by Crippen LogP contribution is -2.28. The predicted molar refractivity (Wildman–Crippen MR) is 123 cm³/mol. The molecule has 6 nitrogen and oxygen atoms in total. The molecule has 2 aromatic rings. The smallest absolute Gasteiger partial charge is 0.255 e. The maximum Gasteiger partial charge on any atom is 0.255 e. The van der Waals surface area contributed by atoms with Crippen molar-refractivity contribution in [1.82, 2.24) is 5.32 Å². The van der Waals surface area contributed by atoms with Gasteiger partial charge >= 0.3 is 0 Å². The average Bonchev–Trinajstić information content (AvgIpc) is 2.75. The molecule has 0 aliphatic carbocycles. The minimum atomic E-state index is -0.196. The van der Waals surface area contributed by atoms with Crippen LogP contribution in [-0.2, 0) is 4.79 Å². The van der Waals surface area contributed by atoms with Gasteiger partial charge in [-0.3, -0.25) is 9.59 Å². The fourth-order valence-electron chi connectivity index (χ4n) is 3.44. The van der Waals surface area contributed by atoms with Crippen LogP contribution in [0.5, 0.6) is 5.75 Å². The summed E-state index contributed by atoms with van der Waals surface area (Å²) in [5.74, 6) is 1.23. The Morgan fingerprint density at radius 3 is 2.20 bits per heavy atom. The molecule has 2 aromatic carbocycles. The second kappa shape index (κ2) is 12.2. The summed E-state index contributed by atoms with van der Waals surface area (Å²) in [6.07, 6.45) is 3.75. The molecule has 3 rings (SSSR count). The molecule has 0 radical (unpaired) electrons. The molecule has 0 bridgehead atoms. The molecule has 1 aliphatic heterocycles. The zero-order chi connectivity index (χ0) is 20.5. The van der Waals surface area contributed by atoms with Gasteiger partial charge in [0.05, 0.1) is 6.61 Å². The summed E-state index contributed by atoms with van der Waals surface area (Å²) < 4.78 is 5.40. The number of rotatable bonds is 8. The number of anilines is 2. The number of nitrogens with one attached hydrogen (secondary N) is 3. The highest BCUT2D eigenvalue weighted by atomic mass is 35.5. The van der Waals surface area contributed by atoms with Gasteiger partial charge in [0.15, 0.2) is 0 Å². The van der Waals surface area contributed by atoms with E-state index >= 15 is 0 Å². The molecule has 3 N–H and O–H groups in total. The maximum atomic E-state index is 12.4. The van der Waals surface area contributed by atoms with Gasteiger partial charge in [-0.05, 0) is 93.7 Å². The molecular weight excluding hydrogens is 402 g/mol. The van der Waals surface area contributed by atoms with Crippen molar-refractivity contribution >= 4 is 35.6 Å². The fraction of sp³-hybridized carbons (Fsp3) is 0.391. The molecule has 1 aliphatic rings. The van der Waals surface area contributed by atoms with Crippen LogP contribution in [-0.4, -0.2) is 31.5 Å². The Hall–Kier alpha value is -2.57. The van der Waals surface area contributed by atoms with Gasteiger partial charge in [-0.2, -0.15) is 0 Å². The van der Waals surface area contributed by atoms with E-state index < -0.39 is 0 Å². The van der Waals surface area contributed by atoms with Crippen LogP contribution < -0.4 is 20.7 Å². The predicted octanol–water partition coefficient (Wildman–Crippen LogP) is 4.48. The molecule has 1 saturated heterocycles. The van der Waals surface area contributed by atoms with Crippen LogP contribution in [0.4, 0.5) is 11.4 Å². The SMILES string of the molecule is CCOc1ccc(NC(=O)c2ccc(NC(=O)CCC3CCNCC3)cc2)cc1.Cl. The van der Waals surface area contributed by atoms with Crippen molar-refractivity contribution < 1.29 is 14.3 Å². The van der Waals surface area contributed by atoms with Crippen LogP contribution in [0, 0.1) is 5.92 Å². The lowest BCUT2D eigenvalue weighted by molar-refractivity contribution is -0.116. The molecule has 0 aromatic heterocycles. The lowest BCUT2D eigenvalue weighted by Gasteiger charge is -2.22. The van der Waals surface area contributed by atoms with Crippen molar-refractivity contribution in [2.24, 2.45) is 5.92 Å². The number of carbonyl (C=O) groups excluding carboxylic acids is 2. The monoisotopic (exact) mass is 431 g/mol. The number of carbonyl (C=O) groups is 2. The molecule has 2 amide bonds. The minimum absolute atomic E-state index is 0. The Balaban J connectivity index is 0.00000320. The van der Waals surface area contributed by atoms with E-state index in [1.807, 2.05) is 19.1 Å². The van der Waals surface area contributed by atoms with Crippen molar-refractivity contribution in [2.45, 2.75) is 32.6 Å². The number of halogens is 1. The lowest BCUT2D eigenvalue weighted by atomic mass is 9.93. The quantitative estimate of drug-likeness (QED) is 0.575. The Labute approximate surface area is 184 Å². The summed E-state index contributed by atoms with van der Waals surface area (Å²) in [6, 6.07) is 14.2. The Kier molecular flexibility index (Phi) is 9.64. The van der Waals surface area contributed by atoms with Crippen LogP contribution in [0.25, 0.3) is 0 Å². The topological polar surface area (TPSA) is 79.5 Å². The van der Waals surface area contributed by atoms with Crippen LogP contribution in [0.3, 0.4) is 0 Å². The number of hydrogen-bond acceptors (Lipinski definition) is 4. The first-order valence-corrected chi connectivity index (χ1v) is 10.3. The van der Waals surface area contributed by atoms with Gasteiger partial charge in [-0.1, -0.05) is 0 Å². The first-order valence-electron chi connectivity index (χ1n) is 10.3. The van der Waals surface area contributed by atoms with Gasteiger partial charge in [0.25, 0.3) is 5.91 Å². The van der Waals surface area contributed by atoms with Crippen molar-refractivity contribution in [2.75, 3.05) is 30.3 Å². The molecule has 162 valence electrons. The molecule has 1 fully saturated rings. The Morgan fingerprint density at radius 2 is 1.57 bits per heavy atom. The first kappa shape index (κ1) is 23.7. The molecule has 7 heteroatoms. The van der Waals surface area contributed by atoms with E-state index in [-0.39, 0.29) is 24.2 Å². The van der Waals surface area contributed by atoms with Gasteiger partial charge in [-0.25, -0.2) is 0 Å². The van der Waals surface area contributed by atoms with Crippen LogP contribution >= 0.6 is 12.4 Å². The molecule has 0 spiro atoms. The Morgan fingerprint density at radius 1 is 0.967 bits per heavy atom.